The van der Waals surface area contributed by atoms with Crippen molar-refractivity contribution in [1.82, 2.24) is 0 Å². The van der Waals surface area contributed by atoms with Crippen molar-refractivity contribution in [2.24, 2.45) is 0 Å². The molecule has 2 aromatic rings. The molecule has 1 aliphatic rings. The first-order valence-corrected chi connectivity index (χ1v) is 6.44. The molecule has 0 atom stereocenters. The lowest BCUT2D eigenvalue weighted by atomic mass is 9.84. The van der Waals surface area contributed by atoms with Crippen molar-refractivity contribution < 1.29 is 4.74 Å². The Morgan fingerprint density at radius 2 is 1.61 bits per heavy atom. The Morgan fingerprint density at radius 3 is 2.39 bits per heavy atom. The van der Waals surface area contributed by atoms with Gasteiger partial charge in [-0.25, -0.2) is 0 Å². The highest BCUT2D eigenvalue weighted by molar-refractivity contribution is 5.54. The minimum absolute atomic E-state index is 0.109. The Kier molecular flexibility index (Phi) is 2.44. The first-order chi connectivity index (χ1) is 8.55. The summed E-state index contributed by atoms with van der Waals surface area (Å²) in [4.78, 5) is 0. The smallest absolute Gasteiger partial charge is 0.134 e. The molecule has 0 bridgehead atoms. The molecule has 3 rings (SSSR count). The summed E-state index contributed by atoms with van der Waals surface area (Å²) in [7, 11) is 0. The van der Waals surface area contributed by atoms with Crippen LogP contribution in [0.4, 0.5) is 0 Å². The van der Waals surface area contributed by atoms with Crippen LogP contribution in [0.25, 0.3) is 0 Å². The van der Waals surface area contributed by atoms with Crippen LogP contribution in [0.2, 0.25) is 0 Å². The topological polar surface area (TPSA) is 9.23 Å². The fourth-order valence-electron chi connectivity index (χ4n) is 2.50. The number of fused-ring (bicyclic) bond motifs is 2. The van der Waals surface area contributed by atoms with Crippen molar-refractivity contribution in [3.8, 4) is 11.5 Å². The van der Waals surface area contributed by atoms with E-state index in [0.717, 1.165) is 17.9 Å². The maximum absolute atomic E-state index is 6.14. The molecule has 0 radical (unpaired) electrons. The summed E-state index contributed by atoms with van der Waals surface area (Å²) in [5.74, 6) is 2.06. The molecule has 2 aromatic carbocycles. The van der Waals surface area contributed by atoms with Gasteiger partial charge in [-0.1, -0.05) is 57.2 Å². The molecule has 1 heterocycles. The van der Waals surface area contributed by atoms with Crippen molar-refractivity contribution in [3.05, 3.63) is 59.2 Å². The lowest BCUT2D eigenvalue weighted by molar-refractivity contribution is 0.436. The summed E-state index contributed by atoms with van der Waals surface area (Å²) >= 11 is 0. The highest BCUT2D eigenvalue weighted by atomic mass is 16.5. The normalized spacial score (nSPS) is 13.5. The van der Waals surface area contributed by atoms with Gasteiger partial charge in [-0.05, 0) is 22.6 Å². The van der Waals surface area contributed by atoms with Crippen molar-refractivity contribution >= 4 is 0 Å². The number of para-hydroxylation sites is 2. The van der Waals surface area contributed by atoms with Crippen LogP contribution in [0.3, 0.4) is 0 Å². The van der Waals surface area contributed by atoms with Gasteiger partial charge in [0.05, 0.1) is 0 Å². The zero-order valence-corrected chi connectivity index (χ0v) is 11.2. The summed E-state index contributed by atoms with van der Waals surface area (Å²) in [6.45, 7) is 6.69. The Labute approximate surface area is 108 Å². The average Bonchev–Trinajstić information content (AvgIpc) is 2.34. The average molecular weight is 238 g/mol. The summed E-state index contributed by atoms with van der Waals surface area (Å²) in [6.07, 6.45) is 0.968. The Hall–Kier alpha value is -1.76. The van der Waals surface area contributed by atoms with Gasteiger partial charge in [0.25, 0.3) is 0 Å². The minimum Gasteiger partial charge on any atom is -0.456 e. The molecular weight excluding hydrogens is 220 g/mol. The molecule has 18 heavy (non-hydrogen) atoms. The first kappa shape index (κ1) is 11.3. The third-order valence-corrected chi connectivity index (χ3v) is 3.47. The lowest BCUT2D eigenvalue weighted by Crippen LogP contribution is -2.15. The molecule has 1 heteroatoms. The van der Waals surface area contributed by atoms with Crippen LogP contribution in [0, 0.1) is 0 Å². The van der Waals surface area contributed by atoms with Gasteiger partial charge in [0.2, 0.25) is 0 Å². The molecule has 1 nitrogen and oxygen atoms in total. The van der Waals surface area contributed by atoms with E-state index in [1.54, 1.807) is 0 Å². The van der Waals surface area contributed by atoms with Gasteiger partial charge in [0.15, 0.2) is 0 Å². The summed E-state index contributed by atoms with van der Waals surface area (Å²) in [5.41, 5.74) is 3.96. The van der Waals surface area contributed by atoms with E-state index < -0.39 is 0 Å². The molecular formula is C17H18O. The predicted molar refractivity (Wildman–Crippen MR) is 74.5 cm³/mol. The van der Waals surface area contributed by atoms with Crippen LogP contribution >= 0.6 is 0 Å². The zero-order chi connectivity index (χ0) is 12.8. The van der Waals surface area contributed by atoms with E-state index in [-0.39, 0.29) is 5.41 Å². The molecule has 0 saturated carbocycles. The quantitative estimate of drug-likeness (QED) is 0.552. The third-order valence-electron chi connectivity index (χ3n) is 3.47. The van der Waals surface area contributed by atoms with Gasteiger partial charge in [0.1, 0.15) is 11.5 Å². The van der Waals surface area contributed by atoms with Crippen LogP contribution in [0.1, 0.15) is 37.5 Å². The fraction of sp³-hybridized carbons (Fsp3) is 0.294. The summed E-state index contributed by atoms with van der Waals surface area (Å²) in [5, 5.41) is 0. The van der Waals surface area contributed by atoms with E-state index in [9.17, 15) is 0 Å². The molecule has 0 spiro atoms. The largest absolute Gasteiger partial charge is 0.456 e. The molecule has 0 aromatic heterocycles. The maximum Gasteiger partial charge on any atom is 0.134 e. The third kappa shape index (κ3) is 1.80. The van der Waals surface area contributed by atoms with E-state index in [1.165, 1.54) is 16.7 Å². The van der Waals surface area contributed by atoms with Crippen molar-refractivity contribution in [1.29, 1.82) is 0 Å². The molecule has 92 valence electrons. The second-order valence-electron chi connectivity index (χ2n) is 5.93. The monoisotopic (exact) mass is 238 g/mol. The maximum atomic E-state index is 6.14. The summed E-state index contributed by atoms with van der Waals surface area (Å²) in [6, 6.07) is 14.8. The molecule has 1 aliphatic heterocycles. The molecule has 0 amide bonds. The molecule has 0 N–H and O–H groups in total. The van der Waals surface area contributed by atoms with Gasteiger partial charge in [-0.2, -0.15) is 0 Å². The summed E-state index contributed by atoms with van der Waals surface area (Å²) < 4.78 is 6.14. The highest BCUT2D eigenvalue weighted by Crippen LogP contribution is 2.42. The SMILES string of the molecule is CC(C)(C)c1cccc2c1Oc1ccccc1C2. The number of benzene rings is 2. The van der Waals surface area contributed by atoms with Gasteiger partial charge in [0, 0.05) is 12.0 Å². The van der Waals surface area contributed by atoms with Crippen LogP contribution < -0.4 is 4.74 Å². The van der Waals surface area contributed by atoms with Crippen molar-refractivity contribution in [2.75, 3.05) is 0 Å². The number of ether oxygens (including phenoxy) is 1. The Balaban J connectivity index is 2.14. The molecule has 0 unspecified atom stereocenters. The predicted octanol–water partition coefficient (Wildman–Crippen LogP) is 4.68. The Morgan fingerprint density at radius 1 is 0.889 bits per heavy atom. The van der Waals surface area contributed by atoms with E-state index in [4.69, 9.17) is 4.74 Å². The minimum atomic E-state index is 0.109. The molecule has 0 fully saturated rings. The van der Waals surface area contributed by atoms with Crippen molar-refractivity contribution in [3.63, 3.8) is 0 Å². The fourth-order valence-corrected chi connectivity index (χ4v) is 2.50. The van der Waals surface area contributed by atoms with E-state index in [1.807, 2.05) is 6.07 Å². The molecule has 0 saturated heterocycles. The van der Waals surface area contributed by atoms with E-state index in [0.29, 0.717) is 0 Å². The second kappa shape index (κ2) is 3.88. The van der Waals surface area contributed by atoms with Crippen molar-refractivity contribution in [2.45, 2.75) is 32.6 Å². The first-order valence-electron chi connectivity index (χ1n) is 6.44. The number of hydrogen-bond acceptors (Lipinski definition) is 1. The van der Waals surface area contributed by atoms with Crippen LogP contribution in [0.15, 0.2) is 42.5 Å². The highest BCUT2D eigenvalue weighted by Gasteiger charge is 2.25. The van der Waals surface area contributed by atoms with E-state index in [2.05, 4.69) is 57.2 Å². The van der Waals surface area contributed by atoms with Crippen LogP contribution in [0.5, 0.6) is 11.5 Å². The van der Waals surface area contributed by atoms with Crippen LogP contribution in [-0.2, 0) is 11.8 Å². The second-order valence-corrected chi connectivity index (χ2v) is 5.93. The lowest BCUT2D eigenvalue weighted by Gasteiger charge is -2.28. The molecule has 0 aliphatic carbocycles. The van der Waals surface area contributed by atoms with Gasteiger partial charge < -0.3 is 4.74 Å². The van der Waals surface area contributed by atoms with Gasteiger partial charge in [-0.3, -0.25) is 0 Å². The van der Waals surface area contributed by atoms with Gasteiger partial charge >= 0.3 is 0 Å². The van der Waals surface area contributed by atoms with Gasteiger partial charge in [-0.15, -0.1) is 0 Å². The van der Waals surface area contributed by atoms with E-state index >= 15 is 0 Å². The number of hydrogen-bond donors (Lipinski definition) is 0. The Bertz CT molecular complexity index is 591. The standard InChI is InChI=1S/C17H18O/c1-17(2,3)14-9-6-8-13-11-12-7-4-5-10-15(12)18-16(13)14/h4-10H,11H2,1-3H3. The van der Waals surface area contributed by atoms with Crippen LogP contribution in [-0.4, -0.2) is 0 Å². The number of rotatable bonds is 0. The zero-order valence-electron chi connectivity index (χ0n) is 11.2.